The van der Waals surface area contributed by atoms with Crippen molar-refractivity contribution in [1.29, 1.82) is 0 Å². The first-order chi connectivity index (χ1) is 14.0. The molecule has 2 heterocycles. The summed E-state index contributed by atoms with van der Waals surface area (Å²) in [5.74, 6) is -0.369. The minimum Gasteiger partial charge on any atom is -0.482 e. The van der Waals surface area contributed by atoms with Gasteiger partial charge in [0.15, 0.2) is 13.2 Å². The number of carbonyl (C=O) groups is 3. The summed E-state index contributed by atoms with van der Waals surface area (Å²) < 4.78 is 10.6. The average Bonchev–Trinajstić information content (AvgIpc) is 3.07. The van der Waals surface area contributed by atoms with Crippen molar-refractivity contribution < 1.29 is 23.9 Å². The van der Waals surface area contributed by atoms with Gasteiger partial charge in [0.05, 0.1) is 12.1 Å². The molecule has 0 aromatic heterocycles. The average molecular weight is 394 g/mol. The van der Waals surface area contributed by atoms with E-state index in [0.29, 0.717) is 11.4 Å². The van der Waals surface area contributed by atoms with Crippen LogP contribution in [-0.2, 0) is 25.5 Å². The Labute approximate surface area is 168 Å². The smallest absolute Gasteiger partial charge is 0.308 e. The third-order valence-corrected chi connectivity index (χ3v) is 5.18. The van der Waals surface area contributed by atoms with Gasteiger partial charge in [-0.25, -0.2) is 0 Å². The first-order valence-corrected chi connectivity index (χ1v) is 9.62. The second-order valence-corrected chi connectivity index (χ2v) is 7.16. The summed E-state index contributed by atoms with van der Waals surface area (Å²) in [4.78, 5) is 40.2. The Morgan fingerprint density at radius 1 is 1.10 bits per heavy atom. The highest BCUT2D eigenvalue weighted by molar-refractivity contribution is 5.99. The molecular weight excluding hydrogens is 372 g/mol. The molecule has 0 saturated heterocycles. The largest absolute Gasteiger partial charge is 0.482 e. The van der Waals surface area contributed by atoms with Crippen LogP contribution < -0.4 is 14.5 Å². The molecule has 0 unspecified atom stereocenters. The first-order valence-electron chi connectivity index (χ1n) is 9.62. The fraction of sp³-hybridized carbons (Fsp3) is 0.318. The highest BCUT2D eigenvalue weighted by Gasteiger charge is 2.31. The molecule has 150 valence electrons. The minimum absolute atomic E-state index is 0.000501. The van der Waals surface area contributed by atoms with Gasteiger partial charge in [-0.1, -0.05) is 30.3 Å². The molecule has 2 aromatic rings. The quantitative estimate of drug-likeness (QED) is 0.728. The van der Waals surface area contributed by atoms with Crippen LogP contribution in [0.15, 0.2) is 48.5 Å². The molecule has 0 bridgehead atoms. The lowest BCUT2D eigenvalue weighted by molar-refractivity contribution is -0.147. The summed E-state index contributed by atoms with van der Waals surface area (Å²) >= 11 is 0. The summed E-state index contributed by atoms with van der Waals surface area (Å²) in [6.07, 6.45) is 0.786. The topological polar surface area (TPSA) is 76.2 Å². The van der Waals surface area contributed by atoms with Gasteiger partial charge in [-0.15, -0.1) is 0 Å². The lowest BCUT2D eigenvalue weighted by Crippen LogP contribution is -2.41. The van der Waals surface area contributed by atoms with Crippen molar-refractivity contribution in [3.05, 3.63) is 54.1 Å². The van der Waals surface area contributed by atoms with Crippen molar-refractivity contribution in [2.45, 2.75) is 25.8 Å². The second kappa shape index (κ2) is 7.95. The molecule has 0 aliphatic carbocycles. The van der Waals surface area contributed by atoms with Crippen LogP contribution in [0.4, 0.5) is 11.4 Å². The zero-order valence-corrected chi connectivity index (χ0v) is 16.2. The number of rotatable bonds is 5. The third-order valence-electron chi connectivity index (χ3n) is 5.18. The minimum atomic E-state index is -0.518. The van der Waals surface area contributed by atoms with Crippen LogP contribution >= 0.6 is 0 Å². The second-order valence-electron chi connectivity index (χ2n) is 7.16. The van der Waals surface area contributed by atoms with Crippen LogP contribution in [0.3, 0.4) is 0 Å². The summed E-state index contributed by atoms with van der Waals surface area (Å²) in [6.45, 7) is 1.78. The summed E-state index contributed by atoms with van der Waals surface area (Å²) in [7, 11) is 0. The van der Waals surface area contributed by atoms with E-state index in [1.54, 1.807) is 23.1 Å². The Kier molecular flexibility index (Phi) is 5.20. The molecule has 0 fully saturated rings. The predicted octanol–water partition coefficient (Wildman–Crippen LogP) is 2.32. The molecule has 2 amide bonds. The molecule has 0 spiro atoms. The normalized spacial score (nSPS) is 17.4. The standard InChI is InChI=1S/C22H22N2O5/c1-15-12-16-6-2-3-7-17(16)24(15)21(26)14-29-22(27)10-11-23-18-8-4-5-9-19(18)28-13-20(23)25/h2-9,15H,10-14H2,1H3/t15-/m0/s1. The van der Waals surface area contributed by atoms with Crippen LogP contribution in [0.5, 0.6) is 5.75 Å². The molecule has 4 rings (SSSR count). The zero-order chi connectivity index (χ0) is 20.4. The van der Waals surface area contributed by atoms with Crippen LogP contribution in [0, 0.1) is 0 Å². The summed E-state index contributed by atoms with van der Waals surface area (Å²) in [5.41, 5.74) is 2.62. The summed E-state index contributed by atoms with van der Waals surface area (Å²) in [5, 5.41) is 0. The van der Waals surface area contributed by atoms with E-state index in [-0.39, 0.29) is 44.0 Å². The molecular formula is C22H22N2O5. The Balaban J connectivity index is 1.32. The van der Waals surface area contributed by atoms with Gasteiger partial charge in [0.2, 0.25) is 0 Å². The summed E-state index contributed by atoms with van der Waals surface area (Å²) in [6, 6.07) is 15.0. The molecule has 7 nitrogen and oxygen atoms in total. The first kappa shape index (κ1) is 19.0. The highest BCUT2D eigenvalue weighted by Crippen LogP contribution is 2.32. The maximum Gasteiger partial charge on any atom is 0.308 e. The van der Waals surface area contributed by atoms with Gasteiger partial charge < -0.3 is 19.3 Å². The Bertz CT molecular complexity index is 958. The van der Waals surface area contributed by atoms with Crippen molar-refractivity contribution in [2.24, 2.45) is 0 Å². The van der Waals surface area contributed by atoms with E-state index in [4.69, 9.17) is 9.47 Å². The van der Waals surface area contributed by atoms with Crippen LogP contribution in [0.1, 0.15) is 18.9 Å². The maximum atomic E-state index is 12.6. The number of hydrogen-bond acceptors (Lipinski definition) is 5. The molecule has 29 heavy (non-hydrogen) atoms. The van der Waals surface area contributed by atoms with Crippen LogP contribution in [-0.4, -0.2) is 43.6 Å². The van der Waals surface area contributed by atoms with Crippen molar-refractivity contribution in [3.63, 3.8) is 0 Å². The zero-order valence-electron chi connectivity index (χ0n) is 16.2. The van der Waals surface area contributed by atoms with Gasteiger partial charge >= 0.3 is 5.97 Å². The van der Waals surface area contributed by atoms with Crippen LogP contribution in [0.25, 0.3) is 0 Å². The number of carbonyl (C=O) groups excluding carboxylic acids is 3. The number of amides is 2. The number of anilines is 2. The molecule has 0 N–H and O–H groups in total. The number of fused-ring (bicyclic) bond motifs is 2. The Hall–Kier alpha value is -3.35. The lowest BCUT2D eigenvalue weighted by atomic mass is 10.1. The van der Waals surface area contributed by atoms with E-state index in [0.717, 1.165) is 17.7 Å². The number of ether oxygens (including phenoxy) is 2. The molecule has 2 aliphatic rings. The van der Waals surface area contributed by atoms with Gasteiger partial charge in [0, 0.05) is 18.3 Å². The van der Waals surface area contributed by atoms with E-state index in [2.05, 4.69) is 0 Å². The van der Waals surface area contributed by atoms with Gasteiger partial charge in [0.25, 0.3) is 11.8 Å². The van der Waals surface area contributed by atoms with E-state index >= 15 is 0 Å². The van der Waals surface area contributed by atoms with Crippen molar-refractivity contribution in [3.8, 4) is 5.75 Å². The highest BCUT2D eigenvalue weighted by atomic mass is 16.5. The van der Waals surface area contributed by atoms with Gasteiger partial charge in [-0.05, 0) is 37.1 Å². The monoisotopic (exact) mass is 394 g/mol. The van der Waals surface area contributed by atoms with Gasteiger partial charge in [-0.3, -0.25) is 14.4 Å². The number of para-hydroxylation sites is 3. The predicted molar refractivity (Wildman–Crippen MR) is 107 cm³/mol. The molecule has 0 radical (unpaired) electrons. The van der Waals surface area contributed by atoms with E-state index in [1.807, 2.05) is 37.3 Å². The van der Waals surface area contributed by atoms with Gasteiger partial charge in [0.1, 0.15) is 5.75 Å². The molecule has 0 saturated carbocycles. The fourth-order valence-corrected chi connectivity index (χ4v) is 3.83. The van der Waals surface area contributed by atoms with Crippen molar-refractivity contribution >= 4 is 29.2 Å². The number of nitrogens with zero attached hydrogens (tertiary/aromatic N) is 2. The number of esters is 1. The number of hydrogen-bond donors (Lipinski definition) is 0. The maximum absolute atomic E-state index is 12.6. The van der Waals surface area contributed by atoms with E-state index in [9.17, 15) is 14.4 Å². The molecule has 2 aliphatic heterocycles. The van der Waals surface area contributed by atoms with E-state index < -0.39 is 5.97 Å². The SMILES string of the molecule is C[C@H]1Cc2ccccc2N1C(=O)COC(=O)CCN1C(=O)COc2ccccc21. The lowest BCUT2D eigenvalue weighted by Gasteiger charge is -2.29. The number of benzene rings is 2. The van der Waals surface area contributed by atoms with Crippen LogP contribution in [0.2, 0.25) is 0 Å². The van der Waals surface area contributed by atoms with E-state index in [1.165, 1.54) is 4.90 Å². The third kappa shape index (κ3) is 3.81. The Morgan fingerprint density at radius 2 is 1.83 bits per heavy atom. The Morgan fingerprint density at radius 3 is 2.66 bits per heavy atom. The fourth-order valence-electron chi connectivity index (χ4n) is 3.83. The molecule has 2 aromatic carbocycles. The van der Waals surface area contributed by atoms with Crippen molar-refractivity contribution in [1.82, 2.24) is 0 Å². The van der Waals surface area contributed by atoms with Gasteiger partial charge in [-0.2, -0.15) is 0 Å². The molecule has 1 atom stereocenters. The molecule has 7 heteroatoms. The van der Waals surface area contributed by atoms with Crippen molar-refractivity contribution in [2.75, 3.05) is 29.6 Å².